The summed E-state index contributed by atoms with van der Waals surface area (Å²) < 4.78 is 161. The van der Waals surface area contributed by atoms with Crippen LogP contribution in [0.3, 0.4) is 0 Å². The van der Waals surface area contributed by atoms with Crippen LogP contribution in [0.4, 0.5) is 45.2 Å². The molecule has 7 nitrogen and oxygen atoms in total. The van der Waals surface area contributed by atoms with Crippen molar-refractivity contribution in [1.82, 2.24) is 9.88 Å². The molecule has 3 heterocycles. The molecule has 0 N–H and O–H groups in total. The number of carbonyl (C=O) groups is 1. The molecule has 54 heavy (non-hydrogen) atoms. The van der Waals surface area contributed by atoms with E-state index in [9.17, 15) is 52.7 Å². The zero-order valence-corrected chi connectivity index (χ0v) is 29.0. The third-order valence-electron chi connectivity index (χ3n) is 10.2. The highest BCUT2D eigenvalue weighted by Gasteiger charge is 2.73. The molecule has 0 radical (unpaired) electrons. The third kappa shape index (κ3) is 6.91. The molecule has 2 aliphatic heterocycles. The van der Waals surface area contributed by atoms with E-state index in [4.69, 9.17) is 0 Å². The van der Waals surface area contributed by atoms with E-state index in [-0.39, 0.29) is 29.3 Å². The van der Waals surface area contributed by atoms with Gasteiger partial charge in [-0.2, -0.15) is 26.3 Å². The second kappa shape index (κ2) is 14.5. The van der Waals surface area contributed by atoms with E-state index >= 15 is 0 Å². The molecule has 0 saturated carbocycles. The van der Waals surface area contributed by atoms with Gasteiger partial charge in [0.2, 0.25) is 5.91 Å². The predicted molar refractivity (Wildman–Crippen MR) is 177 cm³/mol. The van der Waals surface area contributed by atoms with Gasteiger partial charge in [-0.3, -0.25) is 9.78 Å². The van der Waals surface area contributed by atoms with Crippen LogP contribution in [0.25, 0.3) is 0 Å². The second-order valence-electron chi connectivity index (χ2n) is 13.2. The zero-order chi connectivity index (χ0) is 39.1. The summed E-state index contributed by atoms with van der Waals surface area (Å²) in [4.78, 5) is 20.8. The van der Waals surface area contributed by atoms with Crippen LogP contribution in [-0.4, -0.2) is 62.7 Å². The van der Waals surface area contributed by atoms with Crippen molar-refractivity contribution >= 4 is 21.4 Å². The van der Waals surface area contributed by atoms with Crippen LogP contribution in [0.5, 0.6) is 0 Å². The van der Waals surface area contributed by atoms with E-state index in [0.29, 0.717) is 50.2 Å². The lowest BCUT2D eigenvalue weighted by Gasteiger charge is -2.38. The van der Waals surface area contributed by atoms with Gasteiger partial charge in [-0.05, 0) is 73.4 Å². The molecule has 1 amide bonds. The smallest absolute Gasteiger partial charge is 0.371 e. The van der Waals surface area contributed by atoms with E-state index in [1.807, 2.05) is 12.1 Å². The van der Waals surface area contributed by atoms with Gasteiger partial charge in [-0.15, -0.1) is 0 Å². The first-order valence-corrected chi connectivity index (χ1v) is 18.1. The molecule has 0 spiro atoms. The normalized spacial score (nSPS) is 19.0. The lowest BCUT2D eigenvalue weighted by Crippen LogP contribution is -2.56. The Bertz CT molecular complexity index is 2040. The fourth-order valence-electron chi connectivity index (χ4n) is 7.21. The molecule has 2 aliphatic rings. The highest BCUT2D eigenvalue weighted by Crippen LogP contribution is 2.54. The van der Waals surface area contributed by atoms with Crippen molar-refractivity contribution in [1.29, 1.82) is 0 Å². The Morgan fingerprint density at radius 3 is 1.93 bits per heavy atom. The number of hydrogen-bond acceptors (Lipinski definition) is 6. The Morgan fingerprint density at radius 2 is 1.37 bits per heavy atom. The van der Waals surface area contributed by atoms with Gasteiger partial charge in [-0.25, -0.2) is 21.6 Å². The average molecular weight is 786 g/mol. The van der Waals surface area contributed by atoms with Crippen molar-refractivity contribution in [2.45, 2.75) is 53.5 Å². The molecule has 1 unspecified atom stereocenters. The van der Waals surface area contributed by atoms with Crippen LogP contribution in [0.2, 0.25) is 0 Å². The maximum absolute atomic E-state index is 14.6. The number of ether oxygens (including phenoxy) is 1. The molecule has 1 atom stereocenters. The lowest BCUT2D eigenvalue weighted by molar-refractivity contribution is -0.392. The standard InChI is InChI=1S/C37H32F9N3O4S/c38-27-8-10-29(11-9-27)54(51,52)34(16-21-49(23-34)33(50)24-14-19-48(20-15-24)28-12-17-47-18-13-28)25-4-6-26(7-5-25)35(36(41,42)43,37(44,45)46)53-22-30-31(39)2-1-3-32(30)40/h1-13,17-18,24H,14-16,19-23H2. The molecule has 6 rings (SSSR count). The number of aromatic nitrogens is 1. The molecule has 17 heteroatoms. The second-order valence-corrected chi connectivity index (χ2v) is 15.4. The average Bonchev–Trinajstić information content (AvgIpc) is 3.60. The van der Waals surface area contributed by atoms with Gasteiger partial charge in [0.1, 0.15) is 22.2 Å². The Hall–Kier alpha value is -4.64. The molecular formula is C37H32F9N3O4S. The maximum Gasteiger partial charge on any atom is 0.430 e. The van der Waals surface area contributed by atoms with E-state index in [1.165, 1.54) is 4.90 Å². The van der Waals surface area contributed by atoms with E-state index in [0.717, 1.165) is 48.2 Å². The van der Waals surface area contributed by atoms with Gasteiger partial charge in [0.05, 0.1) is 11.5 Å². The van der Waals surface area contributed by atoms with Crippen LogP contribution >= 0.6 is 0 Å². The minimum Gasteiger partial charge on any atom is -0.371 e. The van der Waals surface area contributed by atoms with Crippen LogP contribution in [0.15, 0.2) is 96.2 Å². The molecule has 0 aliphatic carbocycles. The topological polar surface area (TPSA) is 79.8 Å². The molecule has 288 valence electrons. The number of hydrogen-bond donors (Lipinski definition) is 0. The number of sulfone groups is 1. The minimum atomic E-state index is -6.23. The minimum absolute atomic E-state index is 0.113. The van der Waals surface area contributed by atoms with Gasteiger partial charge < -0.3 is 14.5 Å². The van der Waals surface area contributed by atoms with Gasteiger partial charge in [0.25, 0.3) is 5.60 Å². The maximum atomic E-state index is 14.6. The fourth-order valence-corrected chi connectivity index (χ4v) is 9.29. The summed E-state index contributed by atoms with van der Waals surface area (Å²) in [6.07, 6.45) is -8.62. The Morgan fingerprint density at radius 1 is 0.796 bits per heavy atom. The third-order valence-corrected chi connectivity index (χ3v) is 12.7. The zero-order valence-electron chi connectivity index (χ0n) is 28.2. The summed E-state index contributed by atoms with van der Waals surface area (Å²) in [5.74, 6) is -4.49. The number of halogens is 9. The van der Waals surface area contributed by atoms with Crippen LogP contribution < -0.4 is 4.90 Å². The van der Waals surface area contributed by atoms with Crippen molar-refractivity contribution in [2.24, 2.45) is 5.92 Å². The van der Waals surface area contributed by atoms with E-state index < -0.39 is 80.2 Å². The van der Waals surface area contributed by atoms with Crippen molar-refractivity contribution in [3.63, 3.8) is 0 Å². The summed E-state index contributed by atoms with van der Waals surface area (Å²) in [6, 6.07) is 11.9. The summed E-state index contributed by atoms with van der Waals surface area (Å²) in [5, 5.41) is 0. The van der Waals surface area contributed by atoms with Crippen molar-refractivity contribution in [3.05, 3.63) is 125 Å². The van der Waals surface area contributed by atoms with Crippen LogP contribution in [0, 0.1) is 23.4 Å². The first-order chi connectivity index (χ1) is 25.4. The SMILES string of the molecule is O=C(C1CCN(c2ccncc2)CC1)N1CCC(c2ccc(C(OCc3c(F)cccc3F)(C(F)(F)F)C(F)(F)F)cc2)(S(=O)(=O)c2ccc(F)cc2)C1. The number of rotatable bonds is 9. The number of amides is 1. The molecule has 2 fully saturated rings. The Kier molecular flexibility index (Phi) is 10.5. The number of pyridine rings is 1. The predicted octanol–water partition coefficient (Wildman–Crippen LogP) is 7.85. The van der Waals surface area contributed by atoms with E-state index in [1.54, 1.807) is 12.4 Å². The first kappa shape index (κ1) is 39.1. The van der Waals surface area contributed by atoms with Gasteiger partial charge in [-0.1, -0.05) is 30.3 Å². The summed E-state index contributed by atoms with van der Waals surface area (Å²) in [5.41, 5.74) is -7.13. The van der Waals surface area contributed by atoms with Gasteiger partial charge >= 0.3 is 12.4 Å². The number of benzene rings is 3. The number of likely N-dealkylation sites (tertiary alicyclic amines) is 1. The molecule has 1 aromatic heterocycles. The van der Waals surface area contributed by atoms with Gasteiger partial charge in [0, 0.05) is 61.3 Å². The number of alkyl halides is 6. The molecule has 4 aromatic rings. The number of piperidine rings is 1. The van der Waals surface area contributed by atoms with Crippen molar-refractivity contribution in [2.75, 3.05) is 31.1 Å². The number of carbonyl (C=O) groups excluding carboxylic acids is 1. The summed E-state index contributed by atoms with van der Waals surface area (Å²) in [6.45, 7) is -1.35. The van der Waals surface area contributed by atoms with E-state index in [2.05, 4.69) is 14.6 Å². The fraction of sp³-hybridized carbons (Fsp3) is 0.351. The van der Waals surface area contributed by atoms with Gasteiger partial charge in [0.15, 0.2) is 9.84 Å². The van der Waals surface area contributed by atoms with Crippen molar-refractivity contribution < 1.29 is 57.5 Å². The molecule has 2 saturated heterocycles. The Balaban J connectivity index is 1.35. The monoisotopic (exact) mass is 785 g/mol. The summed E-state index contributed by atoms with van der Waals surface area (Å²) in [7, 11) is -4.61. The lowest BCUT2D eigenvalue weighted by atomic mass is 9.88. The summed E-state index contributed by atoms with van der Waals surface area (Å²) >= 11 is 0. The molecular weight excluding hydrogens is 753 g/mol. The van der Waals surface area contributed by atoms with Crippen molar-refractivity contribution in [3.8, 4) is 0 Å². The highest BCUT2D eigenvalue weighted by atomic mass is 32.2. The number of nitrogens with zero attached hydrogens (tertiary/aromatic N) is 3. The first-order valence-electron chi connectivity index (χ1n) is 16.7. The molecule has 3 aromatic carbocycles. The quantitative estimate of drug-likeness (QED) is 0.127. The molecule has 0 bridgehead atoms. The number of anilines is 1. The van der Waals surface area contributed by atoms with Crippen LogP contribution in [0.1, 0.15) is 36.0 Å². The highest BCUT2D eigenvalue weighted by molar-refractivity contribution is 7.92. The Labute approximate surface area is 304 Å². The largest absolute Gasteiger partial charge is 0.430 e. The van der Waals surface area contributed by atoms with Crippen LogP contribution in [-0.2, 0) is 36.3 Å².